The smallest absolute Gasteiger partial charge is 0.127 e. The Bertz CT molecular complexity index is 558. The molecule has 19 heavy (non-hydrogen) atoms. The summed E-state index contributed by atoms with van der Waals surface area (Å²) < 4.78 is 10.5. The summed E-state index contributed by atoms with van der Waals surface area (Å²) in [5.41, 5.74) is 1.95. The van der Waals surface area contributed by atoms with E-state index in [2.05, 4.69) is 5.32 Å². The van der Waals surface area contributed by atoms with Crippen molar-refractivity contribution in [1.29, 1.82) is 0 Å². The lowest BCUT2D eigenvalue weighted by atomic mass is 10.2. The van der Waals surface area contributed by atoms with E-state index in [9.17, 15) is 0 Å². The zero-order valence-corrected chi connectivity index (χ0v) is 11.7. The molecular weight excluding hydrogens is 262 g/mol. The fourth-order valence-electron chi connectivity index (χ4n) is 1.79. The molecule has 1 N–H and O–H groups in total. The number of hydrogen-bond acceptors (Lipinski definition) is 3. The van der Waals surface area contributed by atoms with E-state index in [-0.39, 0.29) is 0 Å². The van der Waals surface area contributed by atoms with Gasteiger partial charge < -0.3 is 14.8 Å². The third-order valence-electron chi connectivity index (χ3n) is 2.84. The minimum Gasteiger partial charge on any atom is -0.497 e. The highest BCUT2D eigenvalue weighted by Gasteiger charge is 2.05. The van der Waals surface area contributed by atoms with Crippen LogP contribution in [0, 0.1) is 0 Å². The van der Waals surface area contributed by atoms with Gasteiger partial charge in [0.25, 0.3) is 0 Å². The first-order valence-corrected chi connectivity index (χ1v) is 6.31. The van der Waals surface area contributed by atoms with Crippen molar-refractivity contribution in [3.63, 3.8) is 0 Å². The molecule has 2 aromatic rings. The molecule has 0 spiro atoms. The van der Waals surface area contributed by atoms with Gasteiger partial charge in [0.1, 0.15) is 11.5 Å². The minimum absolute atomic E-state index is 0.636. The summed E-state index contributed by atoms with van der Waals surface area (Å²) in [5, 5.41) is 3.99. The number of rotatable bonds is 5. The van der Waals surface area contributed by atoms with E-state index in [1.807, 2.05) is 42.5 Å². The number of nitrogens with one attached hydrogen (secondary N) is 1. The van der Waals surface area contributed by atoms with E-state index in [0.717, 1.165) is 22.7 Å². The summed E-state index contributed by atoms with van der Waals surface area (Å²) >= 11 is 6.10. The van der Waals surface area contributed by atoms with Gasteiger partial charge in [-0.2, -0.15) is 0 Å². The Kier molecular flexibility index (Phi) is 4.53. The summed E-state index contributed by atoms with van der Waals surface area (Å²) in [4.78, 5) is 0. The molecule has 0 aliphatic rings. The van der Waals surface area contributed by atoms with Crippen LogP contribution in [0.3, 0.4) is 0 Å². The maximum absolute atomic E-state index is 6.10. The second-order valence-corrected chi connectivity index (χ2v) is 4.42. The zero-order chi connectivity index (χ0) is 13.7. The van der Waals surface area contributed by atoms with E-state index in [4.69, 9.17) is 21.1 Å². The van der Waals surface area contributed by atoms with Crippen LogP contribution in [-0.2, 0) is 6.54 Å². The molecule has 0 amide bonds. The second-order valence-electron chi connectivity index (χ2n) is 4.01. The fourth-order valence-corrected chi connectivity index (χ4v) is 2.00. The fraction of sp³-hybridized carbons (Fsp3) is 0.200. The van der Waals surface area contributed by atoms with Crippen LogP contribution in [0.25, 0.3) is 0 Å². The lowest BCUT2D eigenvalue weighted by molar-refractivity contribution is 0.391. The van der Waals surface area contributed by atoms with Crippen LogP contribution in [0.5, 0.6) is 11.5 Å². The van der Waals surface area contributed by atoms with Crippen molar-refractivity contribution in [2.75, 3.05) is 19.5 Å². The minimum atomic E-state index is 0.636. The van der Waals surface area contributed by atoms with Gasteiger partial charge in [0.2, 0.25) is 0 Å². The van der Waals surface area contributed by atoms with Crippen LogP contribution >= 0.6 is 11.6 Å². The van der Waals surface area contributed by atoms with E-state index in [1.54, 1.807) is 14.2 Å². The first kappa shape index (κ1) is 13.6. The molecule has 0 heterocycles. The van der Waals surface area contributed by atoms with Crippen LogP contribution < -0.4 is 14.8 Å². The second kappa shape index (κ2) is 6.34. The van der Waals surface area contributed by atoms with Gasteiger partial charge in [-0.25, -0.2) is 0 Å². The molecule has 0 atom stereocenters. The van der Waals surface area contributed by atoms with Crippen molar-refractivity contribution in [2.45, 2.75) is 6.54 Å². The Morgan fingerprint density at radius 3 is 2.53 bits per heavy atom. The van der Waals surface area contributed by atoms with Crippen LogP contribution in [0.4, 0.5) is 5.69 Å². The summed E-state index contributed by atoms with van der Waals surface area (Å²) in [5.74, 6) is 1.57. The third-order valence-corrected chi connectivity index (χ3v) is 3.17. The molecule has 0 unspecified atom stereocenters. The highest BCUT2D eigenvalue weighted by Crippen LogP contribution is 2.27. The normalized spacial score (nSPS) is 10.1. The molecular formula is C15H16ClNO2. The average Bonchev–Trinajstić information content (AvgIpc) is 2.46. The van der Waals surface area contributed by atoms with Gasteiger partial charge in [-0.1, -0.05) is 23.7 Å². The third kappa shape index (κ3) is 3.32. The van der Waals surface area contributed by atoms with Gasteiger partial charge in [-0.05, 0) is 24.3 Å². The van der Waals surface area contributed by atoms with Gasteiger partial charge in [0.05, 0.1) is 24.9 Å². The van der Waals surface area contributed by atoms with Crippen molar-refractivity contribution < 1.29 is 9.47 Å². The number of halogens is 1. The molecule has 2 aromatic carbocycles. The highest BCUT2D eigenvalue weighted by molar-refractivity contribution is 6.33. The molecule has 0 fully saturated rings. The van der Waals surface area contributed by atoms with E-state index < -0.39 is 0 Å². The quantitative estimate of drug-likeness (QED) is 0.897. The summed E-state index contributed by atoms with van der Waals surface area (Å²) in [6, 6.07) is 13.4. The number of methoxy groups -OCH3 is 2. The number of ether oxygens (including phenoxy) is 2. The molecule has 0 aliphatic carbocycles. The Labute approximate surface area is 118 Å². The van der Waals surface area contributed by atoms with E-state index in [1.165, 1.54) is 0 Å². The van der Waals surface area contributed by atoms with Gasteiger partial charge in [-0.3, -0.25) is 0 Å². The summed E-state index contributed by atoms with van der Waals surface area (Å²) in [6.07, 6.45) is 0. The first-order chi connectivity index (χ1) is 9.24. The molecule has 3 nitrogen and oxygen atoms in total. The Hall–Kier alpha value is -1.87. The van der Waals surface area contributed by atoms with E-state index >= 15 is 0 Å². The van der Waals surface area contributed by atoms with E-state index in [0.29, 0.717) is 11.6 Å². The molecule has 0 aliphatic heterocycles. The molecule has 4 heteroatoms. The van der Waals surface area contributed by atoms with Crippen molar-refractivity contribution in [1.82, 2.24) is 0 Å². The molecule has 0 bridgehead atoms. The molecule has 0 saturated carbocycles. The summed E-state index contributed by atoms with van der Waals surface area (Å²) in [7, 11) is 3.28. The van der Waals surface area contributed by atoms with Gasteiger partial charge in [0.15, 0.2) is 0 Å². The lowest BCUT2D eigenvalue weighted by Gasteiger charge is -2.12. The number of hydrogen-bond donors (Lipinski definition) is 1. The largest absolute Gasteiger partial charge is 0.497 e. The predicted octanol–water partition coefficient (Wildman–Crippen LogP) is 3.97. The molecule has 0 saturated heterocycles. The predicted molar refractivity (Wildman–Crippen MR) is 78.3 cm³/mol. The molecule has 0 radical (unpaired) electrons. The standard InChI is InChI=1S/C15H16ClNO2/c1-18-12-8-7-11(15(9-12)19-2)10-17-14-6-4-3-5-13(14)16/h3-9,17H,10H2,1-2H3. The van der Waals surface area contributed by atoms with Gasteiger partial charge in [0, 0.05) is 18.2 Å². The molecule has 100 valence electrons. The Balaban J connectivity index is 2.13. The van der Waals surface area contributed by atoms with Crippen molar-refractivity contribution in [3.8, 4) is 11.5 Å². The first-order valence-electron chi connectivity index (χ1n) is 5.94. The zero-order valence-electron chi connectivity index (χ0n) is 10.9. The van der Waals surface area contributed by atoms with Crippen LogP contribution in [0.1, 0.15) is 5.56 Å². The number of benzene rings is 2. The van der Waals surface area contributed by atoms with Crippen LogP contribution in [0.2, 0.25) is 5.02 Å². The number of anilines is 1. The van der Waals surface area contributed by atoms with Gasteiger partial charge in [-0.15, -0.1) is 0 Å². The van der Waals surface area contributed by atoms with Crippen LogP contribution in [-0.4, -0.2) is 14.2 Å². The molecule has 2 rings (SSSR count). The summed E-state index contributed by atoms with van der Waals surface area (Å²) in [6.45, 7) is 0.636. The maximum Gasteiger partial charge on any atom is 0.127 e. The maximum atomic E-state index is 6.10. The monoisotopic (exact) mass is 277 g/mol. The van der Waals surface area contributed by atoms with Crippen molar-refractivity contribution in [3.05, 3.63) is 53.1 Å². The Morgan fingerprint density at radius 1 is 1.05 bits per heavy atom. The van der Waals surface area contributed by atoms with Crippen molar-refractivity contribution in [2.24, 2.45) is 0 Å². The SMILES string of the molecule is COc1ccc(CNc2ccccc2Cl)c(OC)c1. The Morgan fingerprint density at radius 2 is 1.84 bits per heavy atom. The van der Waals surface area contributed by atoms with Crippen molar-refractivity contribution >= 4 is 17.3 Å². The highest BCUT2D eigenvalue weighted by atomic mass is 35.5. The average molecular weight is 278 g/mol. The van der Waals surface area contributed by atoms with Crippen LogP contribution in [0.15, 0.2) is 42.5 Å². The number of para-hydroxylation sites is 1. The van der Waals surface area contributed by atoms with Gasteiger partial charge >= 0.3 is 0 Å². The molecule has 0 aromatic heterocycles. The lowest BCUT2D eigenvalue weighted by Crippen LogP contribution is -2.02. The topological polar surface area (TPSA) is 30.5 Å².